The molecule has 1 saturated heterocycles. The van der Waals surface area contributed by atoms with Crippen molar-refractivity contribution in [1.29, 1.82) is 0 Å². The third-order valence-electron chi connectivity index (χ3n) is 3.07. The highest BCUT2D eigenvalue weighted by molar-refractivity contribution is 5.76. The highest BCUT2D eigenvalue weighted by atomic mass is 19.1. The van der Waals surface area contributed by atoms with Crippen molar-refractivity contribution >= 4 is 17.3 Å². The van der Waals surface area contributed by atoms with Gasteiger partial charge in [0, 0.05) is 31.7 Å². The van der Waals surface area contributed by atoms with E-state index in [4.69, 9.17) is 10.5 Å². The van der Waals surface area contributed by atoms with Gasteiger partial charge in [-0.2, -0.15) is 0 Å². The van der Waals surface area contributed by atoms with E-state index in [0.717, 1.165) is 12.1 Å². The number of carbonyl (C=O) groups is 1. The molecule has 1 aromatic rings. The van der Waals surface area contributed by atoms with Gasteiger partial charge in [0.05, 0.1) is 13.2 Å². The number of morpholine rings is 1. The second-order valence-corrected chi connectivity index (χ2v) is 4.53. The molecular weight excluding hydrogens is 268 g/mol. The Labute approximate surface area is 115 Å². The first kappa shape index (κ1) is 14.5. The standard InChI is InChI=1S/C13H17F2N3O2/c14-10-7-9(16)8-11(15)13(10)17-2-1-12(19)18-3-5-20-6-4-18/h7-8,17H,1-6,16H2. The summed E-state index contributed by atoms with van der Waals surface area (Å²) in [6.07, 6.45) is 0.170. The quantitative estimate of drug-likeness (QED) is 0.816. The van der Waals surface area contributed by atoms with Crippen LogP contribution in [0, 0.1) is 11.6 Å². The largest absolute Gasteiger partial charge is 0.399 e. The highest BCUT2D eigenvalue weighted by Gasteiger charge is 2.17. The lowest BCUT2D eigenvalue weighted by atomic mass is 10.2. The molecule has 0 aromatic heterocycles. The summed E-state index contributed by atoms with van der Waals surface area (Å²) in [6.45, 7) is 2.33. The number of carbonyl (C=O) groups excluding carboxylic acids is 1. The Balaban J connectivity index is 1.85. The minimum absolute atomic E-state index is 0.0231. The lowest BCUT2D eigenvalue weighted by Gasteiger charge is -2.26. The average Bonchev–Trinajstić information content (AvgIpc) is 2.42. The van der Waals surface area contributed by atoms with Crippen molar-refractivity contribution in [2.75, 3.05) is 43.9 Å². The van der Waals surface area contributed by atoms with Gasteiger partial charge in [0.1, 0.15) is 5.69 Å². The molecule has 2 rings (SSSR count). The van der Waals surface area contributed by atoms with Crippen molar-refractivity contribution in [3.63, 3.8) is 0 Å². The van der Waals surface area contributed by atoms with Crippen molar-refractivity contribution in [3.8, 4) is 0 Å². The SMILES string of the molecule is Nc1cc(F)c(NCCC(=O)N2CCOCC2)c(F)c1. The summed E-state index contributed by atoms with van der Waals surface area (Å²) in [5, 5.41) is 2.59. The van der Waals surface area contributed by atoms with Crippen molar-refractivity contribution in [3.05, 3.63) is 23.8 Å². The minimum atomic E-state index is -0.763. The number of benzene rings is 1. The van der Waals surface area contributed by atoms with Gasteiger partial charge in [-0.25, -0.2) is 8.78 Å². The number of hydrogen-bond acceptors (Lipinski definition) is 4. The van der Waals surface area contributed by atoms with Crippen LogP contribution in [0.4, 0.5) is 20.2 Å². The Morgan fingerprint density at radius 3 is 2.50 bits per heavy atom. The fourth-order valence-corrected chi connectivity index (χ4v) is 2.03. The molecule has 0 aliphatic carbocycles. The zero-order chi connectivity index (χ0) is 14.5. The number of nitrogen functional groups attached to an aromatic ring is 1. The molecule has 3 N–H and O–H groups in total. The molecule has 0 spiro atoms. The normalized spacial score (nSPS) is 15.2. The number of ether oxygens (including phenoxy) is 1. The lowest BCUT2D eigenvalue weighted by Crippen LogP contribution is -2.41. The first-order chi connectivity index (χ1) is 9.58. The fraction of sp³-hybridized carbons (Fsp3) is 0.462. The van der Waals surface area contributed by atoms with Crippen LogP contribution in [-0.4, -0.2) is 43.7 Å². The van der Waals surface area contributed by atoms with Gasteiger partial charge in [0.2, 0.25) is 5.91 Å². The summed E-state index contributed by atoms with van der Waals surface area (Å²) in [5.41, 5.74) is 5.09. The number of anilines is 2. The third kappa shape index (κ3) is 3.57. The third-order valence-corrected chi connectivity index (χ3v) is 3.07. The van der Waals surface area contributed by atoms with Crippen LogP contribution < -0.4 is 11.1 Å². The second kappa shape index (κ2) is 6.51. The van der Waals surface area contributed by atoms with E-state index in [1.54, 1.807) is 4.90 Å². The Hall–Kier alpha value is -1.89. The van der Waals surface area contributed by atoms with Gasteiger partial charge in [0.15, 0.2) is 11.6 Å². The van der Waals surface area contributed by atoms with Gasteiger partial charge in [-0.05, 0) is 12.1 Å². The predicted octanol–water partition coefficient (Wildman–Crippen LogP) is 1.21. The van der Waals surface area contributed by atoms with Crippen LogP contribution in [0.25, 0.3) is 0 Å². The Kier molecular flexibility index (Phi) is 4.73. The van der Waals surface area contributed by atoms with E-state index in [1.165, 1.54) is 0 Å². The van der Waals surface area contributed by atoms with Crippen molar-refractivity contribution < 1.29 is 18.3 Å². The van der Waals surface area contributed by atoms with Gasteiger partial charge in [0.25, 0.3) is 0 Å². The summed E-state index contributed by atoms with van der Waals surface area (Å²) < 4.78 is 32.1. The summed E-state index contributed by atoms with van der Waals surface area (Å²) in [7, 11) is 0. The number of rotatable bonds is 4. The lowest BCUT2D eigenvalue weighted by molar-refractivity contribution is -0.134. The second-order valence-electron chi connectivity index (χ2n) is 4.53. The maximum absolute atomic E-state index is 13.5. The number of nitrogens with zero attached hydrogens (tertiary/aromatic N) is 1. The molecule has 110 valence electrons. The predicted molar refractivity (Wildman–Crippen MR) is 71.3 cm³/mol. The van der Waals surface area contributed by atoms with Crippen LogP contribution in [0.1, 0.15) is 6.42 Å². The summed E-state index contributed by atoms with van der Waals surface area (Å²) >= 11 is 0. The Bertz CT molecular complexity index is 467. The van der Waals surface area contributed by atoms with Gasteiger partial charge >= 0.3 is 0 Å². The van der Waals surface area contributed by atoms with Gasteiger partial charge in [-0.1, -0.05) is 0 Å². The Morgan fingerprint density at radius 2 is 1.90 bits per heavy atom. The van der Waals surface area contributed by atoms with Crippen molar-refractivity contribution in [2.45, 2.75) is 6.42 Å². The van der Waals surface area contributed by atoms with Crippen molar-refractivity contribution in [2.24, 2.45) is 0 Å². The van der Waals surface area contributed by atoms with E-state index in [1.807, 2.05) is 0 Å². The first-order valence-electron chi connectivity index (χ1n) is 6.42. The van der Waals surface area contributed by atoms with E-state index in [2.05, 4.69) is 5.32 Å². The minimum Gasteiger partial charge on any atom is -0.399 e. The van der Waals surface area contributed by atoms with E-state index in [0.29, 0.717) is 26.3 Å². The highest BCUT2D eigenvalue weighted by Crippen LogP contribution is 2.21. The smallest absolute Gasteiger partial charge is 0.224 e. The van der Waals surface area contributed by atoms with E-state index < -0.39 is 11.6 Å². The van der Waals surface area contributed by atoms with Crippen LogP contribution >= 0.6 is 0 Å². The van der Waals surface area contributed by atoms with Crippen LogP contribution in [0.2, 0.25) is 0 Å². The summed E-state index contributed by atoms with van der Waals surface area (Å²) in [4.78, 5) is 13.5. The van der Waals surface area contributed by atoms with Crippen molar-refractivity contribution in [1.82, 2.24) is 4.90 Å². The van der Waals surface area contributed by atoms with Gasteiger partial charge in [-0.15, -0.1) is 0 Å². The molecule has 0 atom stereocenters. The summed E-state index contributed by atoms with van der Waals surface area (Å²) in [6, 6.07) is 2.07. The molecule has 0 radical (unpaired) electrons. The average molecular weight is 285 g/mol. The molecule has 1 fully saturated rings. The molecule has 0 bridgehead atoms. The number of nitrogens with two attached hydrogens (primary N) is 1. The maximum atomic E-state index is 13.5. The van der Waals surface area contributed by atoms with E-state index >= 15 is 0 Å². The fourth-order valence-electron chi connectivity index (χ4n) is 2.03. The molecule has 0 saturated carbocycles. The van der Waals surface area contributed by atoms with Gasteiger partial charge < -0.3 is 20.7 Å². The van der Waals surface area contributed by atoms with E-state index in [-0.39, 0.29) is 30.2 Å². The number of hydrogen-bond donors (Lipinski definition) is 2. The molecule has 7 heteroatoms. The number of nitrogens with one attached hydrogen (secondary N) is 1. The Morgan fingerprint density at radius 1 is 1.30 bits per heavy atom. The zero-order valence-electron chi connectivity index (χ0n) is 11.0. The topological polar surface area (TPSA) is 67.6 Å². The zero-order valence-corrected chi connectivity index (χ0v) is 11.0. The molecule has 1 aromatic carbocycles. The first-order valence-corrected chi connectivity index (χ1v) is 6.42. The van der Waals surface area contributed by atoms with E-state index in [9.17, 15) is 13.6 Å². The molecule has 1 aliphatic heterocycles. The summed E-state index contributed by atoms with van der Waals surface area (Å²) in [5.74, 6) is -1.58. The molecule has 1 aliphatic rings. The molecular formula is C13H17F2N3O2. The molecule has 0 unspecified atom stereocenters. The molecule has 1 heterocycles. The maximum Gasteiger partial charge on any atom is 0.224 e. The van der Waals surface area contributed by atoms with Crippen LogP contribution in [0.5, 0.6) is 0 Å². The monoisotopic (exact) mass is 285 g/mol. The molecule has 20 heavy (non-hydrogen) atoms. The molecule has 5 nitrogen and oxygen atoms in total. The number of amides is 1. The number of halogens is 2. The van der Waals surface area contributed by atoms with Crippen LogP contribution in [0.3, 0.4) is 0 Å². The van der Waals surface area contributed by atoms with Crippen LogP contribution in [0.15, 0.2) is 12.1 Å². The van der Waals surface area contributed by atoms with Gasteiger partial charge in [-0.3, -0.25) is 4.79 Å². The molecule has 1 amide bonds. The van der Waals surface area contributed by atoms with Crippen LogP contribution in [-0.2, 0) is 9.53 Å².